The average Bonchev–Trinajstić information content (AvgIpc) is 2.99. The third-order valence-electron chi connectivity index (χ3n) is 4.41. The zero-order chi connectivity index (χ0) is 20.1. The van der Waals surface area contributed by atoms with Crippen LogP contribution in [0.1, 0.15) is 28.1 Å². The maximum atomic E-state index is 10.8. The molecule has 0 bridgehead atoms. The molecular weight excluding hydrogens is 356 g/mol. The molecule has 0 radical (unpaired) electrons. The van der Waals surface area contributed by atoms with Gasteiger partial charge in [-0.25, -0.2) is 0 Å². The number of aryl methyl sites for hydroxylation is 1. The molecule has 28 heavy (non-hydrogen) atoms. The molecule has 7 heteroatoms. The van der Waals surface area contributed by atoms with Crippen LogP contribution in [0, 0.1) is 35.3 Å². The van der Waals surface area contributed by atoms with E-state index in [4.69, 9.17) is 10.1 Å². The first-order valence-corrected chi connectivity index (χ1v) is 8.58. The molecule has 0 aliphatic carbocycles. The molecule has 0 saturated carbocycles. The monoisotopic (exact) mass is 374 g/mol. The molecule has 0 amide bonds. The quantitative estimate of drug-likeness (QED) is 0.362. The van der Waals surface area contributed by atoms with Crippen LogP contribution in [0.4, 0.5) is 5.69 Å². The molecule has 0 atom stereocenters. The summed E-state index contributed by atoms with van der Waals surface area (Å²) in [6.45, 7) is 4.11. The van der Waals surface area contributed by atoms with Crippen molar-refractivity contribution in [3.63, 3.8) is 0 Å². The van der Waals surface area contributed by atoms with Gasteiger partial charge in [0.1, 0.15) is 6.61 Å². The Morgan fingerprint density at radius 2 is 1.93 bits per heavy atom. The Balaban J connectivity index is 1.75. The van der Waals surface area contributed by atoms with E-state index in [1.165, 1.54) is 12.1 Å². The second-order valence-electron chi connectivity index (χ2n) is 6.21. The summed E-state index contributed by atoms with van der Waals surface area (Å²) in [7, 11) is 0. The van der Waals surface area contributed by atoms with Crippen molar-refractivity contribution in [1.29, 1.82) is 5.26 Å². The summed E-state index contributed by atoms with van der Waals surface area (Å²) in [5.41, 5.74) is 5.03. The molecule has 0 unspecified atom stereocenters. The molecule has 140 valence electrons. The first-order valence-electron chi connectivity index (χ1n) is 8.58. The van der Waals surface area contributed by atoms with Crippen LogP contribution in [0.5, 0.6) is 0 Å². The molecular formula is C21H18N4O3. The lowest BCUT2D eigenvalue weighted by atomic mass is 10.1. The van der Waals surface area contributed by atoms with Crippen molar-refractivity contribution in [2.45, 2.75) is 20.5 Å². The van der Waals surface area contributed by atoms with Crippen LogP contribution in [0.3, 0.4) is 0 Å². The Kier molecular flexibility index (Phi) is 5.51. The number of nitriles is 1. The van der Waals surface area contributed by atoms with E-state index in [0.717, 1.165) is 28.2 Å². The number of nitrogens with zero attached hydrogens (tertiary/aromatic N) is 4. The smallest absolute Gasteiger partial charge is 0.269 e. The van der Waals surface area contributed by atoms with E-state index in [9.17, 15) is 10.1 Å². The molecule has 0 N–H and O–H groups in total. The van der Waals surface area contributed by atoms with Crippen LogP contribution in [-0.2, 0) is 11.4 Å². The molecule has 0 fully saturated rings. The van der Waals surface area contributed by atoms with Crippen LogP contribution in [0.15, 0.2) is 59.8 Å². The predicted molar refractivity (Wildman–Crippen MR) is 105 cm³/mol. The number of rotatable bonds is 6. The fraction of sp³-hybridized carbons (Fsp3) is 0.143. The van der Waals surface area contributed by atoms with E-state index in [1.807, 2.05) is 36.6 Å². The Morgan fingerprint density at radius 3 is 2.61 bits per heavy atom. The van der Waals surface area contributed by atoms with Crippen LogP contribution in [-0.4, -0.2) is 15.7 Å². The highest BCUT2D eigenvalue weighted by atomic mass is 16.6. The van der Waals surface area contributed by atoms with Crippen LogP contribution < -0.4 is 0 Å². The third-order valence-corrected chi connectivity index (χ3v) is 4.41. The number of nitro benzene ring substituents is 1. The fourth-order valence-electron chi connectivity index (χ4n) is 3.00. The summed E-state index contributed by atoms with van der Waals surface area (Å²) in [4.78, 5) is 15.8. The van der Waals surface area contributed by atoms with Gasteiger partial charge in [-0.2, -0.15) is 5.26 Å². The molecule has 3 rings (SSSR count). The summed E-state index contributed by atoms with van der Waals surface area (Å²) >= 11 is 0. The predicted octanol–water partition coefficient (Wildman–Crippen LogP) is 4.42. The topological polar surface area (TPSA) is 93.4 Å². The Morgan fingerprint density at radius 1 is 1.21 bits per heavy atom. The molecule has 3 aromatic rings. The van der Waals surface area contributed by atoms with Crippen LogP contribution >= 0.6 is 0 Å². The van der Waals surface area contributed by atoms with Crippen molar-refractivity contribution in [3.05, 3.63) is 92.8 Å². The van der Waals surface area contributed by atoms with Gasteiger partial charge in [-0.05, 0) is 38.1 Å². The molecule has 0 aliphatic heterocycles. The second-order valence-corrected chi connectivity index (χ2v) is 6.21. The van der Waals surface area contributed by atoms with Gasteiger partial charge in [0, 0.05) is 40.3 Å². The van der Waals surface area contributed by atoms with Gasteiger partial charge < -0.3 is 9.40 Å². The van der Waals surface area contributed by atoms with Gasteiger partial charge in [-0.15, -0.1) is 0 Å². The van der Waals surface area contributed by atoms with Crippen molar-refractivity contribution in [1.82, 2.24) is 4.57 Å². The zero-order valence-electron chi connectivity index (χ0n) is 15.5. The van der Waals surface area contributed by atoms with Gasteiger partial charge in [0.15, 0.2) is 0 Å². The minimum absolute atomic E-state index is 0.0547. The van der Waals surface area contributed by atoms with E-state index in [0.29, 0.717) is 5.56 Å². The fourth-order valence-corrected chi connectivity index (χ4v) is 3.00. The minimum Gasteiger partial charge on any atom is -0.391 e. The highest BCUT2D eigenvalue weighted by Gasteiger charge is 2.11. The summed E-state index contributed by atoms with van der Waals surface area (Å²) in [5.74, 6) is 0. The SMILES string of the molecule is Cc1cc(/C=N/OCc2ccccc2C#N)c(C)n1-c1ccc([N+](=O)[O-])cc1. The minimum atomic E-state index is -0.418. The van der Waals surface area contributed by atoms with Crippen molar-refractivity contribution in [3.8, 4) is 11.8 Å². The zero-order valence-corrected chi connectivity index (χ0v) is 15.5. The van der Waals surface area contributed by atoms with Crippen molar-refractivity contribution in [2.24, 2.45) is 5.16 Å². The van der Waals surface area contributed by atoms with Gasteiger partial charge in [0.05, 0.1) is 22.8 Å². The van der Waals surface area contributed by atoms with Crippen molar-refractivity contribution in [2.75, 3.05) is 0 Å². The highest BCUT2D eigenvalue weighted by molar-refractivity contribution is 5.81. The normalized spacial score (nSPS) is 10.8. The van der Waals surface area contributed by atoms with E-state index >= 15 is 0 Å². The molecule has 7 nitrogen and oxygen atoms in total. The van der Waals surface area contributed by atoms with E-state index in [1.54, 1.807) is 30.5 Å². The first-order chi connectivity index (χ1) is 13.5. The third kappa shape index (κ3) is 3.91. The molecule has 0 spiro atoms. The van der Waals surface area contributed by atoms with Crippen LogP contribution in [0.25, 0.3) is 5.69 Å². The number of hydrogen-bond acceptors (Lipinski definition) is 5. The summed E-state index contributed by atoms with van der Waals surface area (Å²) in [6, 6.07) is 17.7. The maximum Gasteiger partial charge on any atom is 0.269 e. The van der Waals surface area contributed by atoms with E-state index < -0.39 is 4.92 Å². The lowest BCUT2D eigenvalue weighted by Crippen LogP contribution is -2.00. The number of benzene rings is 2. The maximum absolute atomic E-state index is 10.8. The molecule has 1 aromatic heterocycles. The number of hydrogen-bond donors (Lipinski definition) is 0. The molecule has 0 saturated heterocycles. The number of nitro groups is 1. The van der Waals surface area contributed by atoms with Gasteiger partial charge in [-0.3, -0.25) is 10.1 Å². The lowest BCUT2D eigenvalue weighted by Gasteiger charge is -2.09. The number of oxime groups is 1. The molecule has 2 aromatic carbocycles. The Labute approximate surface area is 162 Å². The van der Waals surface area contributed by atoms with Gasteiger partial charge in [-0.1, -0.05) is 23.4 Å². The average molecular weight is 374 g/mol. The summed E-state index contributed by atoms with van der Waals surface area (Å²) in [5, 5.41) is 23.9. The largest absolute Gasteiger partial charge is 0.391 e. The van der Waals surface area contributed by atoms with Crippen LogP contribution in [0.2, 0.25) is 0 Å². The molecule has 1 heterocycles. The lowest BCUT2D eigenvalue weighted by molar-refractivity contribution is -0.384. The van der Waals surface area contributed by atoms with E-state index in [-0.39, 0.29) is 12.3 Å². The van der Waals surface area contributed by atoms with Crippen molar-refractivity contribution < 1.29 is 9.76 Å². The molecule has 0 aliphatic rings. The number of non-ortho nitro benzene ring substituents is 1. The highest BCUT2D eigenvalue weighted by Crippen LogP contribution is 2.22. The summed E-state index contributed by atoms with van der Waals surface area (Å²) in [6.07, 6.45) is 1.62. The van der Waals surface area contributed by atoms with Gasteiger partial charge >= 0.3 is 0 Å². The van der Waals surface area contributed by atoms with E-state index in [2.05, 4.69) is 11.2 Å². The second kappa shape index (κ2) is 8.18. The van der Waals surface area contributed by atoms with Gasteiger partial charge in [0.25, 0.3) is 5.69 Å². The van der Waals surface area contributed by atoms with Gasteiger partial charge in [0.2, 0.25) is 0 Å². The standard InChI is InChI=1S/C21H18N4O3/c1-15-11-19(13-23-28-14-18-6-4-3-5-17(18)12-22)16(2)24(15)20-7-9-21(10-8-20)25(26)27/h3-11,13H,14H2,1-2H3/b23-13+. The van der Waals surface area contributed by atoms with Crippen molar-refractivity contribution >= 4 is 11.9 Å². The Hall–Kier alpha value is -3.92. The first kappa shape index (κ1) is 18.9. The summed E-state index contributed by atoms with van der Waals surface area (Å²) < 4.78 is 2.00. The Bertz CT molecular complexity index is 1080. The number of aromatic nitrogens is 1.